The van der Waals surface area contributed by atoms with E-state index >= 15 is 0 Å². The van der Waals surface area contributed by atoms with Gasteiger partial charge in [-0.1, -0.05) is 20.8 Å². The predicted molar refractivity (Wildman–Crippen MR) is 130 cm³/mol. The fourth-order valence-electron chi connectivity index (χ4n) is 3.87. The van der Waals surface area contributed by atoms with Gasteiger partial charge in [0.25, 0.3) is 0 Å². The van der Waals surface area contributed by atoms with E-state index in [1.54, 1.807) is 12.4 Å². The second-order valence-electron chi connectivity index (χ2n) is 9.53. The quantitative estimate of drug-likeness (QED) is 0.498. The molecule has 4 rings (SSSR count). The minimum absolute atomic E-state index is 0.00921. The van der Waals surface area contributed by atoms with E-state index in [-0.39, 0.29) is 18.1 Å². The summed E-state index contributed by atoms with van der Waals surface area (Å²) in [5.41, 5.74) is 3.53. The zero-order valence-electron chi connectivity index (χ0n) is 20.0. The summed E-state index contributed by atoms with van der Waals surface area (Å²) in [5.74, 6) is 1.60. The Balaban J connectivity index is 1.69. The molecule has 1 aliphatic heterocycles. The molecule has 0 saturated heterocycles. The number of aliphatic hydroxyl groups is 1. The van der Waals surface area contributed by atoms with Gasteiger partial charge >= 0.3 is 0 Å². The zero-order valence-corrected chi connectivity index (χ0v) is 20.0. The first-order chi connectivity index (χ1) is 15.8. The van der Waals surface area contributed by atoms with E-state index in [0.29, 0.717) is 29.8 Å². The molecular formula is C24H33N7O2. The molecule has 0 bridgehead atoms. The standard InChI is InChI=1S/C24H33N7O2/c1-6-33-22-18(11-16-13-31(5)10-8-17(16)27-22)28-23-26-12-15-7-9-25-21(20(15)30-23)29-19(14-32)24(2,3)4/h7,9,11-12,19,32H,6,8,10,13-14H2,1-5H3,(H,25,29)(H,26,28,30). The molecule has 0 radical (unpaired) electrons. The maximum absolute atomic E-state index is 9.88. The number of hydrogen-bond donors (Lipinski definition) is 3. The Morgan fingerprint density at radius 3 is 2.79 bits per heavy atom. The number of pyridine rings is 2. The normalized spacial score (nSPS) is 15.2. The van der Waals surface area contributed by atoms with Crippen LogP contribution < -0.4 is 15.4 Å². The van der Waals surface area contributed by atoms with Gasteiger partial charge in [0.2, 0.25) is 11.8 Å². The van der Waals surface area contributed by atoms with E-state index < -0.39 is 0 Å². The Kier molecular flexibility index (Phi) is 6.62. The molecule has 0 aliphatic carbocycles. The second-order valence-corrected chi connectivity index (χ2v) is 9.53. The summed E-state index contributed by atoms with van der Waals surface area (Å²) in [6, 6.07) is 3.78. The van der Waals surface area contributed by atoms with Crippen molar-refractivity contribution in [2.45, 2.75) is 46.7 Å². The smallest absolute Gasteiger partial charge is 0.238 e. The highest BCUT2D eigenvalue weighted by atomic mass is 16.5. The number of likely N-dealkylation sites (N-methyl/N-ethyl adjacent to an activating group) is 1. The average molecular weight is 452 g/mol. The third-order valence-electron chi connectivity index (χ3n) is 5.89. The zero-order chi connectivity index (χ0) is 23.6. The molecule has 0 saturated carbocycles. The van der Waals surface area contributed by atoms with Gasteiger partial charge in [-0.15, -0.1) is 0 Å². The van der Waals surface area contributed by atoms with Gasteiger partial charge < -0.3 is 25.4 Å². The molecule has 4 heterocycles. The third-order valence-corrected chi connectivity index (χ3v) is 5.89. The Hall–Kier alpha value is -3.04. The number of nitrogens with one attached hydrogen (secondary N) is 2. The molecule has 0 amide bonds. The van der Waals surface area contributed by atoms with Crippen LogP contribution in [0.15, 0.2) is 24.5 Å². The number of nitrogens with zero attached hydrogens (tertiary/aromatic N) is 5. The van der Waals surface area contributed by atoms with Crippen molar-refractivity contribution in [3.63, 3.8) is 0 Å². The highest BCUT2D eigenvalue weighted by Gasteiger charge is 2.25. The number of aromatic nitrogens is 4. The van der Waals surface area contributed by atoms with Gasteiger partial charge in [-0.05, 0) is 37.1 Å². The maximum atomic E-state index is 9.88. The highest BCUT2D eigenvalue weighted by molar-refractivity contribution is 5.88. The molecular weight excluding hydrogens is 418 g/mol. The van der Waals surface area contributed by atoms with Gasteiger partial charge in [-0.3, -0.25) is 0 Å². The molecule has 9 heteroatoms. The average Bonchev–Trinajstić information content (AvgIpc) is 2.77. The van der Waals surface area contributed by atoms with E-state index in [2.05, 4.69) is 59.4 Å². The van der Waals surface area contributed by atoms with Crippen molar-refractivity contribution < 1.29 is 9.84 Å². The monoisotopic (exact) mass is 451 g/mol. The van der Waals surface area contributed by atoms with Crippen molar-refractivity contribution in [2.24, 2.45) is 5.41 Å². The van der Waals surface area contributed by atoms with E-state index in [4.69, 9.17) is 14.7 Å². The number of fused-ring (bicyclic) bond motifs is 2. The number of hydrogen-bond acceptors (Lipinski definition) is 9. The highest BCUT2D eigenvalue weighted by Crippen LogP contribution is 2.31. The van der Waals surface area contributed by atoms with Crippen LogP contribution in [0, 0.1) is 5.41 Å². The lowest BCUT2D eigenvalue weighted by atomic mass is 9.87. The lowest BCUT2D eigenvalue weighted by Gasteiger charge is -2.30. The molecule has 0 fully saturated rings. The Morgan fingerprint density at radius 2 is 2.06 bits per heavy atom. The molecule has 3 aromatic heterocycles. The molecule has 3 aromatic rings. The maximum Gasteiger partial charge on any atom is 0.238 e. The molecule has 33 heavy (non-hydrogen) atoms. The Labute approximate surface area is 194 Å². The van der Waals surface area contributed by atoms with E-state index in [1.807, 2.05) is 13.0 Å². The first kappa shape index (κ1) is 23.1. The van der Waals surface area contributed by atoms with Crippen molar-refractivity contribution >= 4 is 28.4 Å². The third kappa shape index (κ3) is 5.15. The van der Waals surface area contributed by atoms with Crippen molar-refractivity contribution in [3.8, 4) is 5.88 Å². The van der Waals surface area contributed by atoms with Crippen LogP contribution in [0.25, 0.3) is 10.9 Å². The Morgan fingerprint density at radius 1 is 1.24 bits per heavy atom. The van der Waals surface area contributed by atoms with Gasteiger partial charge in [0.05, 0.1) is 24.9 Å². The minimum Gasteiger partial charge on any atom is -0.476 e. The summed E-state index contributed by atoms with van der Waals surface area (Å²) < 4.78 is 5.82. The van der Waals surface area contributed by atoms with Crippen LogP contribution in [0.1, 0.15) is 39.0 Å². The van der Waals surface area contributed by atoms with Crippen LogP contribution in [-0.4, -0.2) is 62.8 Å². The number of ether oxygens (including phenoxy) is 1. The lowest BCUT2D eigenvalue weighted by Crippen LogP contribution is -2.37. The van der Waals surface area contributed by atoms with Crippen molar-refractivity contribution in [1.29, 1.82) is 0 Å². The number of aliphatic hydroxyl groups excluding tert-OH is 1. The van der Waals surface area contributed by atoms with Crippen LogP contribution >= 0.6 is 0 Å². The summed E-state index contributed by atoms with van der Waals surface area (Å²) in [5, 5.41) is 17.4. The summed E-state index contributed by atoms with van der Waals surface area (Å²) >= 11 is 0. The number of anilines is 3. The SMILES string of the molecule is CCOc1nc2c(cc1Nc1ncc3ccnc(NC(CO)C(C)(C)C)c3n1)CN(C)CC2. The van der Waals surface area contributed by atoms with Crippen LogP contribution in [0.4, 0.5) is 17.5 Å². The molecule has 0 spiro atoms. The first-order valence-corrected chi connectivity index (χ1v) is 11.4. The molecule has 3 N–H and O–H groups in total. The van der Waals surface area contributed by atoms with Gasteiger partial charge in [-0.25, -0.2) is 19.9 Å². The van der Waals surface area contributed by atoms with E-state index in [9.17, 15) is 5.11 Å². The van der Waals surface area contributed by atoms with Gasteiger partial charge in [0, 0.05) is 37.3 Å². The summed E-state index contributed by atoms with van der Waals surface area (Å²) in [7, 11) is 2.11. The van der Waals surface area contributed by atoms with Crippen LogP contribution in [0.2, 0.25) is 0 Å². The summed E-state index contributed by atoms with van der Waals surface area (Å²) in [4.78, 5) is 20.8. The van der Waals surface area contributed by atoms with Crippen LogP contribution in [0.3, 0.4) is 0 Å². The molecule has 1 atom stereocenters. The van der Waals surface area contributed by atoms with Crippen molar-refractivity contribution in [3.05, 3.63) is 35.8 Å². The van der Waals surface area contributed by atoms with Gasteiger partial charge in [0.1, 0.15) is 11.2 Å². The topological polar surface area (TPSA) is 108 Å². The fraction of sp³-hybridized carbons (Fsp3) is 0.500. The minimum atomic E-state index is -0.173. The number of rotatable bonds is 7. The van der Waals surface area contributed by atoms with Crippen LogP contribution in [-0.2, 0) is 13.0 Å². The molecule has 9 nitrogen and oxygen atoms in total. The molecule has 1 aliphatic rings. The van der Waals surface area contributed by atoms with Crippen molar-refractivity contribution in [2.75, 3.05) is 37.4 Å². The van der Waals surface area contributed by atoms with E-state index in [1.165, 1.54) is 5.56 Å². The predicted octanol–water partition coefficient (Wildman–Crippen LogP) is 3.37. The largest absolute Gasteiger partial charge is 0.476 e. The molecule has 0 aromatic carbocycles. The molecule has 176 valence electrons. The van der Waals surface area contributed by atoms with Crippen molar-refractivity contribution in [1.82, 2.24) is 24.8 Å². The fourth-order valence-corrected chi connectivity index (χ4v) is 3.87. The summed E-state index contributed by atoms with van der Waals surface area (Å²) in [6.45, 7) is 10.5. The van der Waals surface area contributed by atoms with E-state index in [0.717, 1.165) is 36.3 Å². The lowest BCUT2D eigenvalue weighted by molar-refractivity contribution is 0.201. The first-order valence-electron chi connectivity index (χ1n) is 11.4. The molecule has 1 unspecified atom stereocenters. The second kappa shape index (κ2) is 9.44. The van der Waals surface area contributed by atoms with Crippen LogP contribution in [0.5, 0.6) is 5.88 Å². The summed E-state index contributed by atoms with van der Waals surface area (Å²) in [6.07, 6.45) is 4.39. The van der Waals surface area contributed by atoms with Gasteiger partial charge in [-0.2, -0.15) is 0 Å². The van der Waals surface area contributed by atoms with Gasteiger partial charge in [0.15, 0.2) is 5.82 Å². The Bertz CT molecular complexity index is 1130.